The van der Waals surface area contributed by atoms with Crippen molar-refractivity contribution in [3.05, 3.63) is 59.9 Å². The molecule has 1 heterocycles. The molecule has 0 atom stereocenters. The fraction of sp³-hybridized carbons (Fsp3) is 0.0714. The van der Waals surface area contributed by atoms with Crippen LogP contribution in [-0.2, 0) is 0 Å². The molecule has 2 rings (SSSR count). The highest BCUT2D eigenvalue weighted by atomic mass is 16.3. The summed E-state index contributed by atoms with van der Waals surface area (Å²) in [6, 6.07) is 9.89. The van der Waals surface area contributed by atoms with Crippen LogP contribution in [0.15, 0.2) is 53.9 Å². The highest BCUT2D eigenvalue weighted by molar-refractivity contribution is 6.01. The maximum Gasteiger partial charge on any atom is 0.271 e. The quantitative estimate of drug-likeness (QED) is 0.650. The number of phenolic OH excluding ortho intramolecular Hbond substituents is 1. The van der Waals surface area contributed by atoms with E-state index in [-0.39, 0.29) is 11.7 Å². The Balaban J connectivity index is 2.09. The lowest BCUT2D eigenvalue weighted by molar-refractivity contribution is 0.0954. The normalized spacial score (nSPS) is 11.1. The molecule has 0 aliphatic rings. The smallest absolute Gasteiger partial charge is 0.271 e. The van der Waals surface area contributed by atoms with E-state index in [0.717, 1.165) is 5.56 Å². The largest absolute Gasteiger partial charge is 0.508 e. The number of aromatic hydroxyl groups is 1. The Labute approximate surface area is 110 Å². The van der Waals surface area contributed by atoms with Crippen LogP contribution >= 0.6 is 0 Å². The van der Waals surface area contributed by atoms with Crippen LogP contribution in [0.25, 0.3) is 0 Å². The molecule has 1 aromatic heterocycles. The predicted molar refractivity (Wildman–Crippen MR) is 72.0 cm³/mol. The number of nitrogens with one attached hydrogen (secondary N) is 1. The minimum atomic E-state index is -0.304. The third kappa shape index (κ3) is 3.38. The van der Waals surface area contributed by atoms with E-state index in [1.165, 1.54) is 0 Å². The summed E-state index contributed by atoms with van der Waals surface area (Å²) in [6.07, 6.45) is 3.08. The van der Waals surface area contributed by atoms with E-state index in [1.807, 2.05) is 0 Å². The Morgan fingerprint density at radius 2 is 1.95 bits per heavy atom. The third-order valence-corrected chi connectivity index (χ3v) is 2.53. The maximum absolute atomic E-state index is 11.8. The van der Waals surface area contributed by atoms with Gasteiger partial charge in [0.25, 0.3) is 5.91 Å². The number of aromatic nitrogens is 1. The molecule has 0 unspecified atom stereocenters. The van der Waals surface area contributed by atoms with Gasteiger partial charge in [0.1, 0.15) is 5.75 Å². The van der Waals surface area contributed by atoms with E-state index in [4.69, 9.17) is 0 Å². The number of amides is 1. The Kier molecular flexibility index (Phi) is 3.87. The molecule has 0 aliphatic heterocycles. The predicted octanol–water partition coefficient (Wildman–Crippen LogP) is 1.94. The fourth-order valence-electron chi connectivity index (χ4n) is 1.50. The first-order valence-corrected chi connectivity index (χ1v) is 5.71. The average Bonchev–Trinajstić information content (AvgIpc) is 2.45. The molecular formula is C14H13N3O2. The van der Waals surface area contributed by atoms with Crippen molar-refractivity contribution in [2.24, 2.45) is 5.10 Å². The minimum absolute atomic E-state index is 0.160. The summed E-state index contributed by atoms with van der Waals surface area (Å²) >= 11 is 0. The molecule has 1 amide bonds. The number of phenols is 1. The SMILES string of the molecule is C/C(=N/NC(=O)c1ccncc1)c1cccc(O)c1. The van der Waals surface area contributed by atoms with Crippen molar-refractivity contribution in [2.45, 2.75) is 6.92 Å². The Hall–Kier alpha value is -2.69. The molecule has 2 aromatic rings. The second-order valence-electron chi connectivity index (χ2n) is 3.92. The topological polar surface area (TPSA) is 74.6 Å². The molecule has 0 spiro atoms. The molecule has 5 nitrogen and oxygen atoms in total. The molecule has 0 fully saturated rings. The van der Waals surface area contributed by atoms with Crippen molar-refractivity contribution < 1.29 is 9.90 Å². The summed E-state index contributed by atoms with van der Waals surface area (Å²) < 4.78 is 0. The van der Waals surface area contributed by atoms with E-state index in [0.29, 0.717) is 11.3 Å². The fourth-order valence-corrected chi connectivity index (χ4v) is 1.50. The van der Waals surface area contributed by atoms with Crippen LogP contribution in [0.1, 0.15) is 22.8 Å². The molecule has 1 aromatic carbocycles. The average molecular weight is 255 g/mol. The molecule has 19 heavy (non-hydrogen) atoms. The molecule has 0 aliphatic carbocycles. The summed E-state index contributed by atoms with van der Waals surface area (Å²) in [5, 5.41) is 13.4. The molecular weight excluding hydrogens is 242 g/mol. The van der Waals surface area contributed by atoms with Crippen LogP contribution in [0.5, 0.6) is 5.75 Å². The first-order chi connectivity index (χ1) is 9.16. The molecule has 96 valence electrons. The minimum Gasteiger partial charge on any atom is -0.508 e. The molecule has 5 heteroatoms. The number of hydrazone groups is 1. The summed E-state index contributed by atoms with van der Waals surface area (Å²) in [7, 11) is 0. The second kappa shape index (κ2) is 5.77. The van der Waals surface area contributed by atoms with Gasteiger partial charge in [0.05, 0.1) is 5.71 Å². The van der Waals surface area contributed by atoms with Crippen LogP contribution in [0.4, 0.5) is 0 Å². The first-order valence-electron chi connectivity index (χ1n) is 5.71. The van der Waals surface area contributed by atoms with Crippen LogP contribution in [0.3, 0.4) is 0 Å². The number of nitrogens with zero attached hydrogens (tertiary/aromatic N) is 2. The number of benzene rings is 1. The zero-order valence-corrected chi connectivity index (χ0v) is 10.4. The molecule has 0 radical (unpaired) electrons. The van der Waals surface area contributed by atoms with Crippen molar-refractivity contribution in [3.8, 4) is 5.75 Å². The molecule has 2 N–H and O–H groups in total. The van der Waals surface area contributed by atoms with Gasteiger partial charge in [-0.3, -0.25) is 9.78 Å². The Bertz CT molecular complexity index is 609. The van der Waals surface area contributed by atoms with Crippen molar-refractivity contribution >= 4 is 11.6 Å². The molecule has 0 bridgehead atoms. The van der Waals surface area contributed by atoms with Crippen molar-refractivity contribution in [1.29, 1.82) is 0 Å². The van der Waals surface area contributed by atoms with Gasteiger partial charge in [0.15, 0.2) is 0 Å². The zero-order valence-electron chi connectivity index (χ0n) is 10.4. The van der Waals surface area contributed by atoms with E-state index >= 15 is 0 Å². The van der Waals surface area contributed by atoms with Gasteiger partial charge in [-0.2, -0.15) is 5.10 Å². The molecule has 0 saturated heterocycles. The van der Waals surface area contributed by atoms with Gasteiger partial charge in [0, 0.05) is 23.5 Å². The summed E-state index contributed by atoms with van der Waals surface area (Å²) in [6.45, 7) is 1.75. The number of hydrogen-bond acceptors (Lipinski definition) is 4. The lowest BCUT2D eigenvalue weighted by Crippen LogP contribution is -2.19. The van der Waals surface area contributed by atoms with Gasteiger partial charge in [-0.05, 0) is 31.2 Å². The number of carbonyl (C=O) groups is 1. The molecule has 0 saturated carbocycles. The lowest BCUT2D eigenvalue weighted by atomic mass is 10.1. The van der Waals surface area contributed by atoms with Gasteiger partial charge < -0.3 is 5.11 Å². The summed E-state index contributed by atoms with van der Waals surface area (Å²) in [4.78, 5) is 15.6. The van der Waals surface area contributed by atoms with Crippen LogP contribution in [0, 0.1) is 0 Å². The van der Waals surface area contributed by atoms with Gasteiger partial charge in [-0.15, -0.1) is 0 Å². The van der Waals surface area contributed by atoms with Crippen molar-refractivity contribution in [3.63, 3.8) is 0 Å². The second-order valence-corrected chi connectivity index (χ2v) is 3.92. The van der Waals surface area contributed by atoms with Gasteiger partial charge in [-0.25, -0.2) is 5.43 Å². The number of carbonyl (C=O) groups excluding carboxylic acids is 1. The lowest BCUT2D eigenvalue weighted by Gasteiger charge is -2.03. The van der Waals surface area contributed by atoms with Crippen molar-refractivity contribution in [1.82, 2.24) is 10.4 Å². The first kappa shape index (κ1) is 12.8. The summed E-state index contributed by atoms with van der Waals surface area (Å²) in [5.74, 6) is -0.144. The van der Waals surface area contributed by atoms with Gasteiger partial charge in [0.2, 0.25) is 0 Å². The zero-order chi connectivity index (χ0) is 13.7. The number of pyridine rings is 1. The Morgan fingerprint density at radius 1 is 1.21 bits per heavy atom. The Morgan fingerprint density at radius 3 is 2.63 bits per heavy atom. The van der Waals surface area contributed by atoms with Gasteiger partial charge in [-0.1, -0.05) is 12.1 Å². The van der Waals surface area contributed by atoms with Crippen LogP contribution in [0.2, 0.25) is 0 Å². The number of hydrogen-bond donors (Lipinski definition) is 2. The van der Waals surface area contributed by atoms with E-state index < -0.39 is 0 Å². The summed E-state index contributed by atoms with van der Waals surface area (Å²) in [5.41, 5.74) is 4.30. The van der Waals surface area contributed by atoms with Gasteiger partial charge >= 0.3 is 0 Å². The third-order valence-electron chi connectivity index (χ3n) is 2.53. The van der Waals surface area contributed by atoms with Crippen LogP contribution < -0.4 is 5.43 Å². The monoisotopic (exact) mass is 255 g/mol. The maximum atomic E-state index is 11.8. The number of rotatable bonds is 3. The van der Waals surface area contributed by atoms with E-state index in [1.54, 1.807) is 55.7 Å². The highest BCUT2D eigenvalue weighted by Crippen LogP contribution is 2.11. The van der Waals surface area contributed by atoms with E-state index in [2.05, 4.69) is 15.5 Å². The van der Waals surface area contributed by atoms with E-state index in [9.17, 15) is 9.90 Å². The van der Waals surface area contributed by atoms with Crippen LogP contribution in [-0.4, -0.2) is 21.7 Å². The highest BCUT2D eigenvalue weighted by Gasteiger charge is 2.04. The standard InChI is InChI=1S/C14H13N3O2/c1-10(12-3-2-4-13(18)9-12)16-17-14(19)11-5-7-15-8-6-11/h2-9,18H,1H3,(H,17,19)/b16-10-. The van der Waals surface area contributed by atoms with Crippen molar-refractivity contribution in [2.75, 3.05) is 0 Å².